The van der Waals surface area contributed by atoms with Crippen LogP contribution in [-0.2, 0) is 6.42 Å². The number of nitrogens with one attached hydrogen (secondary N) is 2. The summed E-state index contributed by atoms with van der Waals surface area (Å²) in [6, 6.07) is 12.1. The lowest BCUT2D eigenvalue weighted by molar-refractivity contribution is 0.0949. The smallest absolute Gasteiger partial charge is 0.269 e. The van der Waals surface area contributed by atoms with Crippen LogP contribution < -0.4 is 10.2 Å². The molecule has 4 rings (SSSR count). The van der Waals surface area contributed by atoms with Gasteiger partial charge in [-0.25, -0.2) is 0 Å². The second-order valence-corrected chi connectivity index (χ2v) is 7.19. The molecule has 1 aliphatic heterocycles. The minimum atomic E-state index is -0.117. The maximum Gasteiger partial charge on any atom is 0.269 e. The van der Waals surface area contributed by atoms with Crippen LogP contribution >= 0.6 is 0 Å². The summed E-state index contributed by atoms with van der Waals surface area (Å²) in [6.07, 6.45) is 4.54. The van der Waals surface area contributed by atoms with E-state index >= 15 is 0 Å². The number of hydrogen-bond donors (Lipinski definition) is 2. The van der Waals surface area contributed by atoms with E-state index in [0.717, 1.165) is 50.3 Å². The van der Waals surface area contributed by atoms with Crippen molar-refractivity contribution in [3.8, 4) is 0 Å². The van der Waals surface area contributed by atoms with Crippen molar-refractivity contribution < 1.29 is 4.79 Å². The van der Waals surface area contributed by atoms with Crippen molar-refractivity contribution in [2.75, 3.05) is 44.2 Å². The van der Waals surface area contributed by atoms with Crippen molar-refractivity contribution in [2.45, 2.75) is 13.3 Å². The van der Waals surface area contributed by atoms with Gasteiger partial charge in [0.15, 0.2) is 0 Å². The average Bonchev–Trinajstić information content (AvgIpc) is 3.17. The Bertz CT molecular complexity index is 943. The lowest BCUT2D eigenvalue weighted by atomic mass is 10.1. The second-order valence-electron chi connectivity index (χ2n) is 7.19. The molecule has 3 aromatic rings. The van der Waals surface area contributed by atoms with E-state index in [9.17, 15) is 4.79 Å². The Balaban J connectivity index is 1.35. The molecule has 2 N–H and O–H groups in total. The number of hydrogen-bond acceptors (Lipinski definition) is 4. The molecular formula is C22H27N5O. The van der Waals surface area contributed by atoms with Gasteiger partial charge in [0.2, 0.25) is 0 Å². The molecule has 2 aromatic heterocycles. The number of para-hydroxylation sites is 1. The molecule has 1 saturated heterocycles. The molecule has 6 nitrogen and oxygen atoms in total. The van der Waals surface area contributed by atoms with Crippen LogP contribution in [0.5, 0.6) is 0 Å². The van der Waals surface area contributed by atoms with E-state index in [1.165, 1.54) is 10.9 Å². The first-order chi connectivity index (χ1) is 13.7. The largest absolute Gasteiger partial charge is 0.369 e. The number of rotatable bonds is 6. The number of nitrogens with zero attached hydrogens (tertiary/aromatic N) is 3. The van der Waals surface area contributed by atoms with Crippen LogP contribution in [-0.4, -0.2) is 60.0 Å². The highest BCUT2D eigenvalue weighted by atomic mass is 16.1. The zero-order valence-corrected chi connectivity index (χ0v) is 16.3. The Kier molecular flexibility index (Phi) is 5.58. The minimum absolute atomic E-state index is 0.117. The zero-order valence-electron chi connectivity index (χ0n) is 16.3. The number of carbonyl (C=O) groups excluding carboxylic acids is 1. The van der Waals surface area contributed by atoms with E-state index in [1.807, 2.05) is 30.5 Å². The maximum atomic E-state index is 12.6. The molecule has 1 aliphatic rings. The summed E-state index contributed by atoms with van der Waals surface area (Å²) in [5.41, 5.74) is 3.90. The zero-order chi connectivity index (χ0) is 19.3. The fourth-order valence-electron chi connectivity index (χ4n) is 3.80. The number of likely N-dealkylation sites (N-methyl/N-ethyl adjacent to an activating group) is 1. The highest BCUT2D eigenvalue weighted by Gasteiger charge is 2.17. The molecule has 0 unspecified atom stereocenters. The standard InChI is InChI=1S/C22H27N5O/c1-2-26-11-13-27(14-12-26)18-8-10-23-21(15-18)22(28)24-9-7-17-16-25-20-6-4-3-5-19(17)20/h3-6,8,10,15-16,25H,2,7,9,11-14H2,1H3,(H,24,28). The van der Waals surface area contributed by atoms with Crippen LogP contribution in [0.1, 0.15) is 23.0 Å². The first kappa shape index (κ1) is 18.5. The highest BCUT2D eigenvalue weighted by Crippen LogP contribution is 2.18. The molecule has 0 spiro atoms. The normalized spacial score (nSPS) is 15.1. The molecule has 1 amide bonds. The molecule has 1 aromatic carbocycles. The Hall–Kier alpha value is -2.86. The van der Waals surface area contributed by atoms with Crippen molar-refractivity contribution in [3.05, 3.63) is 60.0 Å². The molecule has 0 aliphatic carbocycles. The molecule has 0 atom stereocenters. The van der Waals surface area contributed by atoms with Gasteiger partial charge in [0.25, 0.3) is 5.91 Å². The van der Waals surface area contributed by atoms with Gasteiger partial charge in [0.05, 0.1) is 0 Å². The first-order valence-electron chi connectivity index (χ1n) is 10.0. The molecular weight excluding hydrogens is 350 g/mol. The summed E-state index contributed by atoms with van der Waals surface area (Å²) in [6.45, 7) is 7.96. The average molecular weight is 377 g/mol. The summed E-state index contributed by atoms with van der Waals surface area (Å²) in [5.74, 6) is -0.117. The van der Waals surface area contributed by atoms with Crippen molar-refractivity contribution in [3.63, 3.8) is 0 Å². The fraction of sp³-hybridized carbons (Fsp3) is 0.364. The van der Waals surface area contributed by atoms with Crippen molar-refractivity contribution in [2.24, 2.45) is 0 Å². The fourth-order valence-corrected chi connectivity index (χ4v) is 3.80. The van der Waals surface area contributed by atoms with Crippen LogP contribution in [0, 0.1) is 0 Å². The Morgan fingerprint density at radius 3 is 2.82 bits per heavy atom. The minimum Gasteiger partial charge on any atom is -0.369 e. The van der Waals surface area contributed by atoms with E-state index in [-0.39, 0.29) is 5.91 Å². The van der Waals surface area contributed by atoms with Gasteiger partial charge in [-0.2, -0.15) is 0 Å². The van der Waals surface area contributed by atoms with E-state index in [2.05, 4.69) is 44.1 Å². The van der Waals surface area contributed by atoms with Gasteiger partial charge in [-0.3, -0.25) is 9.78 Å². The molecule has 0 bridgehead atoms. The highest BCUT2D eigenvalue weighted by molar-refractivity contribution is 5.93. The van der Waals surface area contributed by atoms with Crippen LogP contribution in [0.2, 0.25) is 0 Å². The lowest BCUT2D eigenvalue weighted by Gasteiger charge is -2.35. The van der Waals surface area contributed by atoms with Crippen LogP contribution in [0.25, 0.3) is 10.9 Å². The monoisotopic (exact) mass is 377 g/mol. The first-order valence-corrected chi connectivity index (χ1v) is 10.0. The summed E-state index contributed by atoms with van der Waals surface area (Å²) in [7, 11) is 0. The van der Waals surface area contributed by atoms with Crippen molar-refractivity contribution >= 4 is 22.5 Å². The molecule has 28 heavy (non-hydrogen) atoms. The van der Waals surface area contributed by atoms with Gasteiger partial charge in [-0.1, -0.05) is 25.1 Å². The molecule has 0 radical (unpaired) electrons. The van der Waals surface area contributed by atoms with Gasteiger partial charge in [-0.05, 0) is 36.7 Å². The SMILES string of the molecule is CCN1CCN(c2ccnc(C(=O)NCCc3c[nH]c4ccccc34)c2)CC1. The van der Waals surface area contributed by atoms with Gasteiger partial charge in [0, 0.05) is 61.7 Å². The third-order valence-electron chi connectivity index (χ3n) is 5.52. The Labute approximate surface area is 165 Å². The van der Waals surface area contributed by atoms with Crippen LogP contribution in [0.3, 0.4) is 0 Å². The molecule has 146 valence electrons. The number of aromatic nitrogens is 2. The number of piperazine rings is 1. The second kappa shape index (κ2) is 8.44. The third-order valence-corrected chi connectivity index (χ3v) is 5.52. The van der Waals surface area contributed by atoms with Gasteiger partial charge in [-0.15, -0.1) is 0 Å². The Morgan fingerprint density at radius 2 is 2.00 bits per heavy atom. The van der Waals surface area contributed by atoms with E-state index in [0.29, 0.717) is 12.2 Å². The van der Waals surface area contributed by atoms with Crippen molar-refractivity contribution in [1.29, 1.82) is 0 Å². The van der Waals surface area contributed by atoms with E-state index < -0.39 is 0 Å². The molecule has 1 fully saturated rings. The van der Waals surface area contributed by atoms with Crippen LogP contribution in [0.4, 0.5) is 5.69 Å². The Morgan fingerprint density at radius 1 is 1.18 bits per heavy atom. The van der Waals surface area contributed by atoms with Crippen LogP contribution in [0.15, 0.2) is 48.8 Å². The number of fused-ring (bicyclic) bond motifs is 1. The number of benzene rings is 1. The summed E-state index contributed by atoms with van der Waals surface area (Å²) in [4.78, 5) is 24.9. The van der Waals surface area contributed by atoms with E-state index in [1.54, 1.807) is 6.20 Å². The molecule has 0 saturated carbocycles. The summed E-state index contributed by atoms with van der Waals surface area (Å²) in [5, 5.41) is 4.22. The topological polar surface area (TPSA) is 64.3 Å². The number of anilines is 1. The molecule has 3 heterocycles. The van der Waals surface area contributed by atoms with Gasteiger partial charge < -0.3 is 20.1 Å². The lowest BCUT2D eigenvalue weighted by Crippen LogP contribution is -2.46. The number of H-pyrrole nitrogens is 1. The predicted octanol–water partition coefficient (Wildman–Crippen LogP) is 2.68. The third kappa shape index (κ3) is 4.02. The quantitative estimate of drug-likeness (QED) is 0.693. The summed E-state index contributed by atoms with van der Waals surface area (Å²) >= 11 is 0. The molecule has 6 heteroatoms. The summed E-state index contributed by atoms with van der Waals surface area (Å²) < 4.78 is 0. The van der Waals surface area contributed by atoms with Gasteiger partial charge >= 0.3 is 0 Å². The van der Waals surface area contributed by atoms with Gasteiger partial charge in [0.1, 0.15) is 5.69 Å². The number of carbonyl (C=O) groups is 1. The number of pyridine rings is 1. The predicted molar refractivity (Wildman–Crippen MR) is 113 cm³/mol. The number of amides is 1. The number of aromatic amines is 1. The maximum absolute atomic E-state index is 12.6. The van der Waals surface area contributed by atoms with Crippen molar-refractivity contribution in [1.82, 2.24) is 20.2 Å². The van der Waals surface area contributed by atoms with E-state index in [4.69, 9.17) is 0 Å².